The van der Waals surface area contributed by atoms with Crippen LogP contribution in [0.3, 0.4) is 0 Å². The number of rotatable bonds is 8. The smallest absolute Gasteiger partial charge is 0.190 e. The number of hydrogen-bond donors (Lipinski definition) is 2. The highest BCUT2D eigenvalue weighted by Crippen LogP contribution is 2.11. The van der Waals surface area contributed by atoms with Crippen molar-refractivity contribution in [2.24, 2.45) is 12.0 Å². The summed E-state index contributed by atoms with van der Waals surface area (Å²) >= 11 is 1.90. The normalized spacial score (nSPS) is 11.2. The minimum Gasteiger partial charge on any atom is -0.356 e. The van der Waals surface area contributed by atoms with Crippen LogP contribution in [0.4, 0.5) is 0 Å². The molecule has 0 saturated heterocycles. The Labute approximate surface area is 156 Å². The Balaban J connectivity index is 0.00000441. The van der Waals surface area contributed by atoms with Crippen LogP contribution in [0.15, 0.2) is 4.99 Å². The third-order valence-corrected chi connectivity index (χ3v) is 4.31. The van der Waals surface area contributed by atoms with Crippen LogP contribution in [0.25, 0.3) is 0 Å². The SMILES string of the molecule is CN=C(NCCCCSC)NCCc1c(C)nn(C)c1C.I. The zero-order valence-corrected chi connectivity index (χ0v) is 17.5. The Bertz CT molecular complexity index is 459. The lowest BCUT2D eigenvalue weighted by Gasteiger charge is -2.11. The standard InChI is InChI=1S/C15H29N5S.HI/c1-12-14(13(2)20(4)19-12)8-10-18-15(16-3)17-9-6-7-11-21-5;/h6-11H2,1-5H3,(H2,16,17,18);1H. The van der Waals surface area contributed by atoms with Crippen molar-refractivity contribution in [3.05, 3.63) is 17.0 Å². The molecule has 128 valence electrons. The first-order chi connectivity index (χ1) is 10.1. The molecule has 0 aromatic carbocycles. The van der Waals surface area contributed by atoms with Crippen molar-refractivity contribution in [2.75, 3.05) is 32.1 Å². The number of aryl methyl sites for hydroxylation is 2. The van der Waals surface area contributed by atoms with Gasteiger partial charge in [0.05, 0.1) is 5.69 Å². The summed E-state index contributed by atoms with van der Waals surface area (Å²) in [6.45, 7) is 6.04. The van der Waals surface area contributed by atoms with Crippen molar-refractivity contribution in [1.29, 1.82) is 0 Å². The Morgan fingerprint density at radius 1 is 1.23 bits per heavy atom. The number of aliphatic imine (C=N–C) groups is 1. The molecule has 0 aliphatic carbocycles. The molecule has 0 amide bonds. The van der Waals surface area contributed by atoms with E-state index in [2.05, 4.69) is 40.8 Å². The van der Waals surface area contributed by atoms with Gasteiger partial charge in [0, 0.05) is 32.9 Å². The van der Waals surface area contributed by atoms with Gasteiger partial charge in [-0.2, -0.15) is 16.9 Å². The fourth-order valence-electron chi connectivity index (χ4n) is 2.28. The van der Waals surface area contributed by atoms with Crippen molar-refractivity contribution in [1.82, 2.24) is 20.4 Å². The molecular weight excluding hydrogens is 409 g/mol. The molecule has 0 aliphatic rings. The van der Waals surface area contributed by atoms with Crippen LogP contribution >= 0.6 is 35.7 Å². The summed E-state index contributed by atoms with van der Waals surface area (Å²) in [4.78, 5) is 4.26. The van der Waals surface area contributed by atoms with E-state index in [1.54, 1.807) is 0 Å². The highest BCUT2D eigenvalue weighted by atomic mass is 127. The highest BCUT2D eigenvalue weighted by molar-refractivity contribution is 14.0. The van der Waals surface area contributed by atoms with Gasteiger partial charge in [0.25, 0.3) is 0 Å². The highest BCUT2D eigenvalue weighted by Gasteiger charge is 2.08. The Kier molecular flexibility index (Phi) is 11.8. The monoisotopic (exact) mass is 439 g/mol. The van der Waals surface area contributed by atoms with E-state index in [9.17, 15) is 0 Å². The van der Waals surface area contributed by atoms with Gasteiger partial charge >= 0.3 is 0 Å². The van der Waals surface area contributed by atoms with Crippen molar-refractivity contribution in [2.45, 2.75) is 33.1 Å². The zero-order chi connectivity index (χ0) is 15.7. The molecule has 7 heteroatoms. The van der Waals surface area contributed by atoms with Crippen LogP contribution in [-0.4, -0.2) is 47.9 Å². The fraction of sp³-hybridized carbons (Fsp3) is 0.733. The zero-order valence-electron chi connectivity index (χ0n) is 14.4. The first-order valence-corrected chi connectivity index (χ1v) is 8.92. The third kappa shape index (κ3) is 7.21. The number of halogens is 1. The molecule has 0 aliphatic heterocycles. The first-order valence-electron chi connectivity index (χ1n) is 7.52. The maximum atomic E-state index is 4.45. The molecule has 1 heterocycles. The fourth-order valence-corrected chi connectivity index (χ4v) is 2.78. The van der Waals surface area contributed by atoms with E-state index in [1.165, 1.54) is 29.9 Å². The van der Waals surface area contributed by atoms with E-state index in [4.69, 9.17) is 0 Å². The maximum Gasteiger partial charge on any atom is 0.190 e. The van der Waals surface area contributed by atoms with Gasteiger partial charge in [-0.25, -0.2) is 0 Å². The molecule has 5 nitrogen and oxygen atoms in total. The van der Waals surface area contributed by atoms with Crippen molar-refractivity contribution in [3.8, 4) is 0 Å². The van der Waals surface area contributed by atoms with E-state index in [0.717, 1.165) is 31.2 Å². The lowest BCUT2D eigenvalue weighted by Crippen LogP contribution is -2.38. The second kappa shape index (κ2) is 12.0. The lowest BCUT2D eigenvalue weighted by molar-refractivity contribution is 0.724. The molecule has 0 atom stereocenters. The molecule has 0 unspecified atom stereocenters. The van der Waals surface area contributed by atoms with Gasteiger partial charge in [-0.1, -0.05) is 0 Å². The summed E-state index contributed by atoms with van der Waals surface area (Å²) in [6.07, 6.45) is 5.55. The molecular formula is C15H30IN5S. The van der Waals surface area contributed by atoms with Crippen molar-refractivity contribution >= 4 is 41.7 Å². The Morgan fingerprint density at radius 3 is 2.45 bits per heavy atom. The minimum absolute atomic E-state index is 0. The summed E-state index contributed by atoms with van der Waals surface area (Å²) in [6, 6.07) is 0. The molecule has 0 saturated carbocycles. The molecule has 22 heavy (non-hydrogen) atoms. The van der Waals surface area contributed by atoms with Gasteiger partial charge in [-0.3, -0.25) is 9.67 Å². The van der Waals surface area contributed by atoms with E-state index < -0.39 is 0 Å². The molecule has 0 spiro atoms. The Hall–Kier alpha value is -0.440. The van der Waals surface area contributed by atoms with Gasteiger partial charge in [-0.15, -0.1) is 24.0 Å². The van der Waals surface area contributed by atoms with Crippen molar-refractivity contribution in [3.63, 3.8) is 0 Å². The summed E-state index contributed by atoms with van der Waals surface area (Å²) < 4.78 is 1.95. The predicted octanol–water partition coefficient (Wildman–Crippen LogP) is 2.51. The quantitative estimate of drug-likeness (QED) is 0.283. The number of thioether (sulfide) groups is 1. The van der Waals surface area contributed by atoms with E-state index in [-0.39, 0.29) is 24.0 Å². The molecule has 1 aromatic heterocycles. The molecule has 1 aromatic rings. The average molecular weight is 439 g/mol. The first kappa shape index (κ1) is 21.6. The maximum absolute atomic E-state index is 4.45. The minimum atomic E-state index is 0. The van der Waals surface area contributed by atoms with Gasteiger partial charge in [0.15, 0.2) is 5.96 Å². The number of unbranched alkanes of at least 4 members (excludes halogenated alkanes) is 1. The summed E-state index contributed by atoms with van der Waals surface area (Å²) in [5.74, 6) is 2.12. The number of nitrogens with zero attached hydrogens (tertiary/aromatic N) is 3. The van der Waals surface area contributed by atoms with Gasteiger partial charge in [0.1, 0.15) is 0 Å². The second-order valence-electron chi connectivity index (χ2n) is 5.15. The van der Waals surface area contributed by atoms with Gasteiger partial charge in [0.2, 0.25) is 0 Å². The van der Waals surface area contributed by atoms with Crippen LogP contribution in [0.1, 0.15) is 29.8 Å². The third-order valence-electron chi connectivity index (χ3n) is 3.62. The van der Waals surface area contributed by atoms with Gasteiger partial charge in [-0.05, 0) is 50.7 Å². The summed E-state index contributed by atoms with van der Waals surface area (Å²) in [5, 5.41) is 11.2. The second-order valence-corrected chi connectivity index (χ2v) is 6.13. The lowest BCUT2D eigenvalue weighted by atomic mass is 10.1. The Morgan fingerprint density at radius 2 is 1.91 bits per heavy atom. The van der Waals surface area contributed by atoms with E-state index >= 15 is 0 Å². The number of aromatic nitrogens is 2. The summed E-state index contributed by atoms with van der Waals surface area (Å²) in [5.41, 5.74) is 3.70. The molecule has 1 rings (SSSR count). The topological polar surface area (TPSA) is 54.2 Å². The number of guanidine groups is 1. The van der Waals surface area contributed by atoms with Crippen LogP contribution in [0.5, 0.6) is 0 Å². The largest absolute Gasteiger partial charge is 0.356 e. The molecule has 0 radical (unpaired) electrons. The van der Waals surface area contributed by atoms with Crippen LogP contribution in [-0.2, 0) is 13.5 Å². The van der Waals surface area contributed by atoms with Crippen LogP contribution in [0, 0.1) is 13.8 Å². The summed E-state index contributed by atoms with van der Waals surface area (Å²) in [7, 11) is 3.81. The van der Waals surface area contributed by atoms with Crippen LogP contribution in [0.2, 0.25) is 0 Å². The number of nitrogens with one attached hydrogen (secondary N) is 2. The molecule has 2 N–H and O–H groups in total. The van der Waals surface area contributed by atoms with Crippen LogP contribution < -0.4 is 10.6 Å². The van der Waals surface area contributed by atoms with Gasteiger partial charge < -0.3 is 10.6 Å². The average Bonchev–Trinajstić information content (AvgIpc) is 2.71. The van der Waals surface area contributed by atoms with E-state index in [0.29, 0.717) is 0 Å². The molecule has 0 bridgehead atoms. The van der Waals surface area contributed by atoms with Crippen molar-refractivity contribution < 1.29 is 0 Å². The van der Waals surface area contributed by atoms with E-state index in [1.807, 2.05) is 30.5 Å². The predicted molar refractivity (Wildman–Crippen MR) is 109 cm³/mol. The number of hydrogen-bond acceptors (Lipinski definition) is 3. The molecule has 0 fully saturated rings.